The van der Waals surface area contributed by atoms with Crippen molar-refractivity contribution in [3.63, 3.8) is 0 Å². The van der Waals surface area contributed by atoms with Gasteiger partial charge in [-0.1, -0.05) is 11.6 Å². The minimum atomic E-state index is -0.440. The second-order valence-electron chi connectivity index (χ2n) is 2.87. The number of rotatable bonds is 4. The third-order valence-corrected chi connectivity index (χ3v) is 1.47. The van der Waals surface area contributed by atoms with Crippen LogP contribution in [0.15, 0.2) is 11.6 Å². The highest BCUT2D eigenvalue weighted by atomic mass is 16.1. The maximum Gasteiger partial charge on any atom is 0.140 e. The van der Waals surface area contributed by atoms with Gasteiger partial charge in [0, 0.05) is 0 Å². The molecule has 1 unspecified atom stereocenters. The van der Waals surface area contributed by atoms with Crippen molar-refractivity contribution in [2.24, 2.45) is 5.92 Å². The molecule has 0 aliphatic carbocycles. The van der Waals surface area contributed by atoms with E-state index in [1.54, 1.807) is 0 Å². The Morgan fingerprint density at radius 3 is 2.18 bits per heavy atom. The monoisotopic (exact) mass is 154 g/mol. The summed E-state index contributed by atoms with van der Waals surface area (Å²) in [4.78, 5) is 21.0. The van der Waals surface area contributed by atoms with Crippen LogP contribution in [0, 0.1) is 5.92 Å². The maximum absolute atomic E-state index is 10.7. The fourth-order valence-corrected chi connectivity index (χ4v) is 0.680. The quantitative estimate of drug-likeness (QED) is 0.351. The summed E-state index contributed by atoms with van der Waals surface area (Å²) in [5.41, 5.74) is 1.14. The Labute approximate surface area is 67.3 Å². The molecule has 0 spiro atoms. The summed E-state index contributed by atoms with van der Waals surface area (Å²) in [6.45, 7) is 5.34. The lowest BCUT2D eigenvalue weighted by molar-refractivity contribution is -0.125. The molecule has 0 amide bonds. The van der Waals surface area contributed by atoms with Gasteiger partial charge in [-0.15, -0.1) is 0 Å². The fraction of sp³-hybridized carbons (Fsp3) is 0.556. The summed E-state index contributed by atoms with van der Waals surface area (Å²) in [6.07, 6.45) is 3.16. The van der Waals surface area contributed by atoms with E-state index >= 15 is 0 Å². The lowest BCUT2D eigenvalue weighted by Crippen LogP contribution is -2.10. The van der Waals surface area contributed by atoms with Gasteiger partial charge in [-0.2, -0.15) is 0 Å². The molecule has 0 saturated carbocycles. The Bertz CT molecular complexity index is 176. The van der Waals surface area contributed by atoms with Crippen molar-refractivity contribution in [3.8, 4) is 0 Å². The standard InChI is InChI=1S/C9H14O2/c1-7(2)4-5-9(6-10)8(3)11/h4,6,9H,5H2,1-3H3. The Hall–Kier alpha value is -0.920. The predicted molar refractivity (Wildman–Crippen MR) is 44.3 cm³/mol. The topological polar surface area (TPSA) is 34.1 Å². The van der Waals surface area contributed by atoms with Gasteiger partial charge >= 0.3 is 0 Å². The molecule has 0 radical (unpaired) electrons. The number of carbonyl (C=O) groups excluding carboxylic acids is 2. The summed E-state index contributed by atoms with van der Waals surface area (Å²) in [7, 11) is 0. The van der Waals surface area contributed by atoms with E-state index in [0.29, 0.717) is 12.7 Å². The molecule has 62 valence electrons. The Morgan fingerprint density at radius 2 is 1.91 bits per heavy atom. The van der Waals surface area contributed by atoms with Gasteiger partial charge in [-0.25, -0.2) is 0 Å². The van der Waals surface area contributed by atoms with Gasteiger partial charge in [0.15, 0.2) is 0 Å². The number of hydrogen-bond acceptors (Lipinski definition) is 2. The Morgan fingerprint density at radius 1 is 1.36 bits per heavy atom. The van der Waals surface area contributed by atoms with Crippen molar-refractivity contribution < 1.29 is 9.59 Å². The summed E-state index contributed by atoms with van der Waals surface area (Å²) in [5, 5.41) is 0. The van der Waals surface area contributed by atoms with Crippen LogP contribution in [0.4, 0.5) is 0 Å². The van der Waals surface area contributed by atoms with Crippen LogP contribution in [0.5, 0.6) is 0 Å². The first-order valence-corrected chi connectivity index (χ1v) is 3.67. The normalized spacial score (nSPS) is 11.9. The number of ketones is 1. The van der Waals surface area contributed by atoms with Gasteiger partial charge in [0.2, 0.25) is 0 Å². The molecular formula is C9H14O2. The van der Waals surface area contributed by atoms with Gasteiger partial charge in [0.25, 0.3) is 0 Å². The van der Waals surface area contributed by atoms with Crippen molar-refractivity contribution >= 4 is 12.1 Å². The van der Waals surface area contributed by atoms with Crippen molar-refractivity contribution in [1.29, 1.82) is 0 Å². The van der Waals surface area contributed by atoms with Crippen LogP contribution in [0.25, 0.3) is 0 Å². The van der Waals surface area contributed by atoms with Crippen molar-refractivity contribution in [3.05, 3.63) is 11.6 Å². The molecule has 0 heterocycles. The summed E-state index contributed by atoms with van der Waals surface area (Å²) in [6, 6.07) is 0. The first-order valence-electron chi connectivity index (χ1n) is 3.67. The zero-order chi connectivity index (χ0) is 8.85. The molecule has 0 N–H and O–H groups in total. The average Bonchev–Trinajstić information content (AvgIpc) is 1.87. The van der Waals surface area contributed by atoms with Crippen molar-refractivity contribution in [1.82, 2.24) is 0 Å². The number of allylic oxidation sites excluding steroid dienone is 2. The minimum absolute atomic E-state index is 0.0579. The van der Waals surface area contributed by atoms with E-state index in [-0.39, 0.29) is 5.78 Å². The minimum Gasteiger partial charge on any atom is -0.303 e. The Kier molecular flexibility index (Phi) is 4.42. The lowest BCUT2D eigenvalue weighted by atomic mass is 10.0. The van der Waals surface area contributed by atoms with Crippen LogP contribution in [0.2, 0.25) is 0 Å². The van der Waals surface area contributed by atoms with E-state index in [4.69, 9.17) is 0 Å². The first-order chi connectivity index (χ1) is 5.07. The molecule has 0 saturated heterocycles. The van der Waals surface area contributed by atoms with Crippen LogP contribution in [0.1, 0.15) is 27.2 Å². The van der Waals surface area contributed by atoms with Crippen LogP contribution in [0.3, 0.4) is 0 Å². The number of hydrogen-bond donors (Lipinski definition) is 0. The largest absolute Gasteiger partial charge is 0.303 e. The number of Topliss-reactive ketones (excluding diaryl/α,β-unsaturated/α-hetero) is 1. The smallest absolute Gasteiger partial charge is 0.140 e. The van der Waals surface area contributed by atoms with Gasteiger partial charge in [0.05, 0.1) is 5.92 Å². The van der Waals surface area contributed by atoms with Crippen LogP contribution >= 0.6 is 0 Å². The van der Waals surface area contributed by atoms with Crippen molar-refractivity contribution in [2.75, 3.05) is 0 Å². The first kappa shape index (κ1) is 10.1. The van der Waals surface area contributed by atoms with Gasteiger partial charge in [-0.05, 0) is 27.2 Å². The molecule has 2 nitrogen and oxygen atoms in total. The van der Waals surface area contributed by atoms with E-state index in [1.165, 1.54) is 6.92 Å². The highest BCUT2D eigenvalue weighted by Gasteiger charge is 2.09. The predicted octanol–water partition coefficient (Wildman–Crippen LogP) is 1.75. The van der Waals surface area contributed by atoms with Gasteiger partial charge in [0.1, 0.15) is 12.1 Å². The Balaban J connectivity index is 3.99. The summed E-state index contributed by atoms with van der Waals surface area (Å²) >= 11 is 0. The lowest BCUT2D eigenvalue weighted by Gasteiger charge is -2.00. The second-order valence-corrected chi connectivity index (χ2v) is 2.87. The molecule has 0 aromatic carbocycles. The van der Waals surface area contributed by atoms with Gasteiger partial charge in [-0.3, -0.25) is 4.79 Å². The second kappa shape index (κ2) is 4.83. The molecule has 11 heavy (non-hydrogen) atoms. The molecule has 0 aromatic heterocycles. The van der Waals surface area contributed by atoms with E-state index in [1.807, 2.05) is 19.9 Å². The zero-order valence-corrected chi connectivity index (χ0v) is 7.26. The van der Waals surface area contributed by atoms with E-state index in [9.17, 15) is 9.59 Å². The molecule has 1 atom stereocenters. The van der Waals surface area contributed by atoms with E-state index in [0.717, 1.165) is 5.57 Å². The van der Waals surface area contributed by atoms with Gasteiger partial charge < -0.3 is 4.79 Å². The fourth-order valence-electron chi connectivity index (χ4n) is 0.680. The molecule has 0 aliphatic heterocycles. The van der Waals surface area contributed by atoms with E-state index in [2.05, 4.69) is 0 Å². The summed E-state index contributed by atoms with van der Waals surface area (Å²) < 4.78 is 0. The molecule has 0 aliphatic rings. The zero-order valence-electron chi connectivity index (χ0n) is 7.26. The van der Waals surface area contributed by atoms with Crippen LogP contribution < -0.4 is 0 Å². The third kappa shape index (κ3) is 4.48. The molecule has 0 bridgehead atoms. The molecule has 0 rings (SSSR count). The van der Waals surface area contributed by atoms with Crippen LogP contribution in [-0.2, 0) is 9.59 Å². The van der Waals surface area contributed by atoms with Crippen LogP contribution in [-0.4, -0.2) is 12.1 Å². The highest BCUT2D eigenvalue weighted by molar-refractivity contribution is 5.91. The SMILES string of the molecule is CC(=O)C(C=O)CC=C(C)C. The molecular weight excluding hydrogens is 140 g/mol. The van der Waals surface area contributed by atoms with E-state index < -0.39 is 5.92 Å². The molecule has 0 aromatic rings. The van der Waals surface area contributed by atoms with Crippen molar-refractivity contribution in [2.45, 2.75) is 27.2 Å². The molecule has 0 fully saturated rings. The third-order valence-electron chi connectivity index (χ3n) is 1.47. The number of carbonyl (C=O) groups is 2. The highest BCUT2D eigenvalue weighted by Crippen LogP contribution is 2.04. The maximum atomic E-state index is 10.7. The average molecular weight is 154 g/mol. The number of aldehydes is 1. The molecule has 2 heteroatoms. The summed E-state index contributed by atoms with van der Waals surface area (Å²) in [5.74, 6) is -0.498.